The quantitative estimate of drug-likeness (QED) is 0.505. The van der Waals surface area contributed by atoms with Crippen LogP contribution in [0.4, 0.5) is 0 Å². The monoisotopic (exact) mass is 364 g/mol. The van der Waals surface area contributed by atoms with Crippen LogP contribution in [-0.4, -0.2) is 24.1 Å². The Kier molecular flexibility index (Phi) is 8.04. The molecule has 4 heteroatoms. The van der Waals surface area contributed by atoms with Gasteiger partial charge in [-0.15, -0.1) is 0 Å². The predicted octanol–water partition coefficient (Wildman–Crippen LogP) is 4.67. The normalized spacial score (nSPS) is 13.4. The number of ether oxygens (including phenoxy) is 2. The molecule has 140 valence electrons. The van der Waals surface area contributed by atoms with Crippen LogP contribution in [0.1, 0.15) is 31.4 Å². The van der Waals surface area contributed by atoms with Crippen molar-refractivity contribution in [1.29, 1.82) is 0 Å². The first-order chi connectivity index (χ1) is 13.0. The van der Waals surface area contributed by atoms with Gasteiger partial charge in [0.25, 0.3) is 0 Å². The number of benzene rings is 2. The molecule has 0 spiro atoms. The summed E-state index contributed by atoms with van der Waals surface area (Å²) in [5, 5.41) is 0. The van der Waals surface area contributed by atoms with Gasteiger partial charge in [-0.25, -0.2) is 9.59 Å². The summed E-state index contributed by atoms with van der Waals surface area (Å²) < 4.78 is 10.6. The summed E-state index contributed by atoms with van der Waals surface area (Å²) >= 11 is 0. The summed E-state index contributed by atoms with van der Waals surface area (Å²) in [7, 11) is 0. The average molecular weight is 364 g/mol. The Morgan fingerprint density at radius 1 is 0.741 bits per heavy atom. The molecule has 2 unspecified atom stereocenters. The first-order valence-electron chi connectivity index (χ1n) is 8.90. The highest BCUT2D eigenvalue weighted by molar-refractivity contribution is 5.87. The van der Waals surface area contributed by atoms with E-state index in [0.717, 1.165) is 11.1 Å². The number of hydrogen-bond donors (Lipinski definition) is 0. The van der Waals surface area contributed by atoms with Crippen LogP contribution in [0.5, 0.6) is 0 Å². The first-order valence-corrected chi connectivity index (χ1v) is 8.90. The van der Waals surface area contributed by atoms with Gasteiger partial charge in [-0.3, -0.25) is 0 Å². The van der Waals surface area contributed by atoms with Crippen LogP contribution in [0, 0.1) is 0 Å². The van der Waals surface area contributed by atoms with Gasteiger partial charge in [0, 0.05) is 18.6 Å². The molecule has 0 bridgehead atoms. The Morgan fingerprint density at radius 2 is 1.11 bits per heavy atom. The Bertz CT molecular complexity index is 711. The highest BCUT2D eigenvalue weighted by Gasteiger charge is 2.14. The average Bonchev–Trinajstić information content (AvgIpc) is 2.66. The van der Waals surface area contributed by atoms with E-state index in [-0.39, 0.29) is 12.2 Å². The molecular formula is C23H24O4. The Balaban J connectivity index is 1.73. The Morgan fingerprint density at radius 3 is 1.48 bits per heavy atom. The van der Waals surface area contributed by atoms with E-state index < -0.39 is 11.9 Å². The molecule has 2 rings (SSSR count). The minimum Gasteiger partial charge on any atom is -0.459 e. The lowest BCUT2D eigenvalue weighted by Crippen LogP contribution is -2.22. The van der Waals surface area contributed by atoms with Gasteiger partial charge in [-0.05, 0) is 37.1 Å². The zero-order chi connectivity index (χ0) is 19.5. The zero-order valence-corrected chi connectivity index (χ0v) is 15.6. The summed E-state index contributed by atoms with van der Waals surface area (Å²) in [6.45, 7) is 3.55. The number of hydrogen-bond acceptors (Lipinski definition) is 4. The van der Waals surface area contributed by atoms with Crippen molar-refractivity contribution in [3.63, 3.8) is 0 Å². The molecule has 0 aliphatic heterocycles. The molecule has 0 heterocycles. The van der Waals surface area contributed by atoms with Gasteiger partial charge in [-0.1, -0.05) is 60.7 Å². The molecule has 0 aromatic heterocycles. The van der Waals surface area contributed by atoms with E-state index in [1.165, 1.54) is 12.2 Å². The maximum absolute atomic E-state index is 11.9. The van der Waals surface area contributed by atoms with Gasteiger partial charge in [-0.2, -0.15) is 0 Å². The van der Waals surface area contributed by atoms with E-state index in [9.17, 15) is 9.59 Å². The molecule has 4 nitrogen and oxygen atoms in total. The fourth-order valence-electron chi connectivity index (χ4n) is 2.50. The van der Waals surface area contributed by atoms with Gasteiger partial charge in [0.05, 0.1) is 0 Å². The van der Waals surface area contributed by atoms with Crippen LogP contribution < -0.4 is 0 Å². The first kappa shape index (κ1) is 20.2. The number of carbonyl (C=O) groups excluding carboxylic acids is 2. The van der Waals surface area contributed by atoms with Crippen LogP contribution in [0.25, 0.3) is 12.2 Å². The van der Waals surface area contributed by atoms with Gasteiger partial charge in [0.1, 0.15) is 12.2 Å². The third-order valence-corrected chi connectivity index (χ3v) is 3.72. The molecule has 0 amide bonds. The molecule has 0 saturated heterocycles. The van der Waals surface area contributed by atoms with E-state index in [1.54, 1.807) is 26.0 Å². The van der Waals surface area contributed by atoms with Gasteiger partial charge in [0.2, 0.25) is 0 Å². The van der Waals surface area contributed by atoms with E-state index >= 15 is 0 Å². The van der Waals surface area contributed by atoms with Crippen molar-refractivity contribution >= 4 is 24.1 Å². The largest absolute Gasteiger partial charge is 0.459 e. The third-order valence-electron chi connectivity index (χ3n) is 3.72. The summed E-state index contributed by atoms with van der Waals surface area (Å²) in [6, 6.07) is 19.0. The van der Waals surface area contributed by atoms with Crippen LogP contribution in [0.3, 0.4) is 0 Å². The molecule has 0 saturated carbocycles. The summed E-state index contributed by atoms with van der Waals surface area (Å²) in [5.41, 5.74) is 1.85. The summed E-state index contributed by atoms with van der Waals surface area (Å²) in [5.74, 6) is -0.845. The van der Waals surface area contributed by atoms with Crippen LogP contribution in [0.15, 0.2) is 72.8 Å². The highest BCUT2D eigenvalue weighted by atomic mass is 16.6. The van der Waals surface area contributed by atoms with E-state index in [0.29, 0.717) is 6.42 Å². The molecule has 0 aliphatic carbocycles. The van der Waals surface area contributed by atoms with Crippen molar-refractivity contribution < 1.29 is 19.1 Å². The predicted molar refractivity (Wildman–Crippen MR) is 107 cm³/mol. The third kappa shape index (κ3) is 8.19. The molecule has 0 radical (unpaired) electrons. The SMILES string of the molecule is CC(CC(C)OC(=O)C=Cc1ccccc1)OC(=O)C=Cc1ccccc1. The Labute approximate surface area is 160 Å². The van der Waals surface area contributed by atoms with Gasteiger partial charge in [0.15, 0.2) is 0 Å². The minimum atomic E-state index is -0.422. The minimum absolute atomic E-state index is 0.362. The topological polar surface area (TPSA) is 52.6 Å². The summed E-state index contributed by atoms with van der Waals surface area (Å²) in [6.07, 6.45) is 5.89. The van der Waals surface area contributed by atoms with Crippen molar-refractivity contribution in [1.82, 2.24) is 0 Å². The van der Waals surface area contributed by atoms with Crippen molar-refractivity contribution in [3.8, 4) is 0 Å². The fraction of sp³-hybridized carbons (Fsp3) is 0.217. The second kappa shape index (κ2) is 10.8. The molecule has 0 N–H and O–H groups in total. The molecule has 27 heavy (non-hydrogen) atoms. The number of rotatable bonds is 8. The summed E-state index contributed by atoms with van der Waals surface area (Å²) in [4.78, 5) is 23.7. The van der Waals surface area contributed by atoms with Gasteiger partial charge < -0.3 is 9.47 Å². The van der Waals surface area contributed by atoms with E-state index in [4.69, 9.17) is 9.47 Å². The van der Waals surface area contributed by atoms with Crippen molar-refractivity contribution in [3.05, 3.63) is 83.9 Å². The van der Waals surface area contributed by atoms with Crippen molar-refractivity contribution in [2.45, 2.75) is 32.5 Å². The maximum atomic E-state index is 11.9. The second-order valence-electron chi connectivity index (χ2n) is 6.22. The van der Waals surface area contributed by atoms with Crippen molar-refractivity contribution in [2.24, 2.45) is 0 Å². The maximum Gasteiger partial charge on any atom is 0.331 e. The van der Waals surface area contributed by atoms with Crippen LogP contribution in [-0.2, 0) is 19.1 Å². The van der Waals surface area contributed by atoms with Crippen LogP contribution in [0.2, 0.25) is 0 Å². The molecular weight excluding hydrogens is 340 g/mol. The smallest absolute Gasteiger partial charge is 0.331 e. The molecule has 2 aromatic carbocycles. The lowest BCUT2D eigenvalue weighted by atomic mass is 10.2. The molecule has 0 aliphatic rings. The number of carbonyl (C=O) groups is 2. The van der Waals surface area contributed by atoms with E-state index in [2.05, 4.69) is 0 Å². The standard InChI is InChI=1S/C23H24O4/c1-18(26-22(24)15-13-20-9-5-3-6-10-20)17-19(2)27-23(25)16-14-21-11-7-4-8-12-21/h3-16,18-19H,17H2,1-2H3. The highest BCUT2D eigenvalue weighted by Crippen LogP contribution is 2.09. The molecule has 2 aromatic rings. The van der Waals surface area contributed by atoms with Gasteiger partial charge >= 0.3 is 11.9 Å². The lowest BCUT2D eigenvalue weighted by molar-refractivity contribution is -0.147. The molecule has 2 atom stereocenters. The molecule has 0 fully saturated rings. The zero-order valence-electron chi connectivity index (χ0n) is 15.6. The van der Waals surface area contributed by atoms with Crippen LogP contribution >= 0.6 is 0 Å². The second-order valence-corrected chi connectivity index (χ2v) is 6.22. The Hall–Kier alpha value is -3.14. The lowest BCUT2D eigenvalue weighted by Gasteiger charge is -2.17. The fourth-order valence-corrected chi connectivity index (χ4v) is 2.50. The van der Waals surface area contributed by atoms with Crippen molar-refractivity contribution in [2.75, 3.05) is 0 Å². The number of esters is 2. The van der Waals surface area contributed by atoms with E-state index in [1.807, 2.05) is 60.7 Å².